The highest BCUT2D eigenvalue weighted by molar-refractivity contribution is 6.06. The van der Waals surface area contributed by atoms with Crippen LogP contribution in [0.25, 0.3) is 0 Å². The Morgan fingerprint density at radius 1 is 0.879 bits per heavy atom. The summed E-state index contributed by atoms with van der Waals surface area (Å²) in [6.45, 7) is 5.04. The molecule has 2 aromatic carbocycles. The van der Waals surface area contributed by atoms with Gasteiger partial charge in [-0.25, -0.2) is 8.78 Å². The van der Waals surface area contributed by atoms with Crippen molar-refractivity contribution in [3.05, 3.63) is 83.3 Å². The van der Waals surface area contributed by atoms with Crippen molar-refractivity contribution < 1.29 is 27.6 Å². The van der Waals surface area contributed by atoms with E-state index in [2.05, 4.69) is 16.0 Å². The lowest BCUT2D eigenvalue weighted by Gasteiger charge is -2.22. The molecule has 3 amide bonds. The van der Waals surface area contributed by atoms with Crippen molar-refractivity contribution in [2.45, 2.75) is 26.8 Å². The van der Waals surface area contributed by atoms with Gasteiger partial charge in [0.25, 0.3) is 11.8 Å². The Labute approximate surface area is 189 Å². The molecule has 172 valence electrons. The average Bonchev–Trinajstić information content (AvgIpc) is 3.20. The number of carbonyl (C=O) groups excluding carboxylic acids is 3. The number of carbonyl (C=O) groups is 3. The summed E-state index contributed by atoms with van der Waals surface area (Å²) < 4.78 is 33.2. The number of rotatable bonds is 7. The summed E-state index contributed by atoms with van der Waals surface area (Å²) in [6.07, 6.45) is 1.35. The van der Waals surface area contributed by atoms with Gasteiger partial charge in [-0.1, -0.05) is 26.0 Å². The zero-order chi connectivity index (χ0) is 24.1. The summed E-state index contributed by atoms with van der Waals surface area (Å²) >= 11 is 0. The van der Waals surface area contributed by atoms with Gasteiger partial charge in [0.15, 0.2) is 0 Å². The van der Waals surface area contributed by atoms with E-state index in [1.165, 1.54) is 42.7 Å². The smallest absolute Gasteiger partial charge is 0.259 e. The van der Waals surface area contributed by atoms with Crippen molar-refractivity contribution in [1.82, 2.24) is 5.32 Å². The first kappa shape index (κ1) is 23.6. The van der Waals surface area contributed by atoms with Crippen LogP contribution < -0.4 is 16.0 Å². The van der Waals surface area contributed by atoms with Gasteiger partial charge in [-0.2, -0.15) is 0 Å². The number of nitrogens with one attached hydrogen (secondary N) is 3. The SMILES string of the molecule is Cc1occc1C(=O)Nc1cc(NC(=O)C(NC(=O)c2ccccc2F)C(C)C)ccc1F. The first-order valence-corrected chi connectivity index (χ1v) is 10.2. The normalized spacial score (nSPS) is 11.7. The fraction of sp³-hybridized carbons (Fsp3) is 0.208. The molecule has 0 saturated heterocycles. The van der Waals surface area contributed by atoms with Crippen molar-refractivity contribution in [3.63, 3.8) is 0 Å². The van der Waals surface area contributed by atoms with Crippen LogP contribution in [0.2, 0.25) is 0 Å². The predicted octanol–water partition coefficient (Wildman–Crippen LogP) is 4.51. The quantitative estimate of drug-likeness (QED) is 0.488. The lowest BCUT2D eigenvalue weighted by Crippen LogP contribution is -2.47. The van der Waals surface area contributed by atoms with Gasteiger partial charge < -0.3 is 20.4 Å². The molecule has 1 aromatic heterocycles. The van der Waals surface area contributed by atoms with E-state index in [1.54, 1.807) is 20.8 Å². The van der Waals surface area contributed by atoms with Crippen molar-refractivity contribution in [2.24, 2.45) is 5.92 Å². The molecule has 1 atom stereocenters. The van der Waals surface area contributed by atoms with E-state index in [1.807, 2.05) is 0 Å². The number of aryl methyl sites for hydroxylation is 1. The van der Waals surface area contributed by atoms with Crippen molar-refractivity contribution in [3.8, 4) is 0 Å². The van der Waals surface area contributed by atoms with Crippen LogP contribution in [0.1, 0.15) is 40.3 Å². The van der Waals surface area contributed by atoms with E-state index in [4.69, 9.17) is 4.42 Å². The number of hydrogen-bond acceptors (Lipinski definition) is 4. The highest BCUT2D eigenvalue weighted by Gasteiger charge is 2.26. The minimum atomic E-state index is -0.992. The maximum atomic E-state index is 14.3. The van der Waals surface area contributed by atoms with Crippen LogP contribution in [0.4, 0.5) is 20.2 Å². The summed E-state index contributed by atoms with van der Waals surface area (Å²) in [5.74, 6) is -3.23. The molecule has 0 aliphatic carbocycles. The predicted molar refractivity (Wildman–Crippen MR) is 119 cm³/mol. The summed E-state index contributed by atoms with van der Waals surface area (Å²) in [5, 5.41) is 7.57. The molecule has 1 heterocycles. The molecule has 0 spiro atoms. The summed E-state index contributed by atoms with van der Waals surface area (Å²) in [4.78, 5) is 37.7. The maximum Gasteiger partial charge on any atom is 0.259 e. The van der Waals surface area contributed by atoms with E-state index < -0.39 is 35.4 Å². The fourth-order valence-electron chi connectivity index (χ4n) is 3.13. The first-order chi connectivity index (χ1) is 15.7. The maximum absolute atomic E-state index is 14.3. The topological polar surface area (TPSA) is 100 Å². The summed E-state index contributed by atoms with van der Waals surface area (Å²) in [5.41, 5.74) is 0.123. The molecule has 0 aliphatic rings. The Kier molecular flexibility index (Phi) is 7.22. The molecule has 0 saturated carbocycles. The van der Waals surface area contributed by atoms with E-state index in [0.717, 1.165) is 12.1 Å². The van der Waals surface area contributed by atoms with Crippen LogP contribution in [0.5, 0.6) is 0 Å². The third-order valence-electron chi connectivity index (χ3n) is 4.94. The molecular formula is C24H23F2N3O4. The van der Waals surface area contributed by atoms with Gasteiger partial charge in [-0.05, 0) is 49.2 Å². The molecule has 0 bridgehead atoms. The molecule has 7 nitrogen and oxygen atoms in total. The van der Waals surface area contributed by atoms with E-state index in [9.17, 15) is 23.2 Å². The molecule has 0 fully saturated rings. The van der Waals surface area contributed by atoms with Gasteiger partial charge in [0, 0.05) is 5.69 Å². The van der Waals surface area contributed by atoms with Gasteiger partial charge in [0.2, 0.25) is 5.91 Å². The van der Waals surface area contributed by atoms with E-state index >= 15 is 0 Å². The van der Waals surface area contributed by atoms with Crippen LogP contribution in [0.15, 0.2) is 59.2 Å². The highest BCUT2D eigenvalue weighted by Crippen LogP contribution is 2.22. The minimum absolute atomic E-state index is 0.144. The Bertz CT molecular complexity index is 1190. The Balaban J connectivity index is 1.74. The van der Waals surface area contributed by atoms with Crippen LogP contribution in [-0.2, 0) is 4.79 Å². The van der Waals surface area contributed by atoms with Gasteiger partial charge in [0.1, 0.15) is 23.4 Å². The molecule has 3 aromatic rings. The largest absolute Gasteiger partial charge is 0.469 e. The lowest BCUT2D eigenvalue weighted by molar-refractivity contribution is -0.118. The second kappa shape index (κ2) is 10.1. The molecule has 0 aliphatic heterocycles. The lowest BCUT2D eigenvalue weighted by atomic mass is 10.0. The van der Waals surface area contributed by atoms with Crippen LogP contribution in [0.3, 0.4) is 0 Å². The minimum Gasteiger partial charge on any atom is -0.469 e. The molecule has 3 N–H and O–H groups in total. The van der Waals surface area contributed by atoms with Crippen molar-refractivity contribution >= 4 is 29.1 Å². The fourth-order valence-corrected chi connectivity index (χ4v) is 3.13. The van der Waals surface area contributed by atoms with Crippen molar-refractivity contribution in [1.29, 1.82) is 0 Å². The molecule has 3 rings (SSSR count). The zero-order valence-corrected chi connectivity index (χ0v) is 18.2. The third-order valence-corrected chi connectivity index (χ3v) is 4.94. The molecule has 33 heavy (non-hydrogen) atoms. The molecule has 1 unspecified atom stereocenters. The Morgan fingerprint density at radius 3 is 2.24 bits per heavy atom. The number of furan rings is 1. The summed E-state index contributed by atoms with van der Waals surface area (Å²) in [6, 6.07) is 9.58. The van der Waals surface area contributed by atoms with Crippen LogP contribution in [0, 0.1) is 24.5 Å². The molecular weight excluding hydrogens is 432 g/mol. The number of amides is 3. The van der Waals surface area contributed by atoms with Crippen LogP contribution >= 0.6 is 0 Å². The van der Waals surface area contributed by atoms with E-state index in [0.29, 0.717) is 5.76 Å². The highest BCUT2D eigenvalue weighted by atomic mass is 19.1. The third kappa shape index (κ3) is 5.62. The number of halogens is 2. The van der Waals surface area contributed by atoms with Gasteiger partial charge >= 0.3 is 0 Å². The second-order valence-corrected chi connectivity index (χ2v) is 7.70. The average molecular weight is 455 g/mol. The number of hydrogen-bond donors (Lipinski definition) is 3. The first-order valence-electron chi connectivity index (χ1n) is 10.2. The van der Waals surface area contributed by atoms with Gasteiger partial charge in [-0.15, -0.1) is 0 Å². The second-order valence-electron chi connectivity index (χ2n) is 7.70. The van der Waals surface area contributed by atoms with E-state index in [-0.39, 0.29) is 28.4 Å². The van der Waals surface area contributed by atoms with Crippen molar-refractivity contribution in [2.75, 3.05) is 10.6 Å². The Morgan fingerprint density at radius 2 is 1.61 bits per heavy atom. The van der Waals surface area contributed by atoms with Gasteiger partial charge in [0.05, 0.1) is 23.1 Å². The summed E-state index contributed by atoms with van der Waals surface area (Å²) in [7, 11) is 0. The monoisotopic (exact) mass is 455 g/mol. The zero-order valence-electron chi connectivity index (χ0n) is 18.2. The van der Waals surface area contributed by atoms with Gasteiger partial charge in [-0.3, -0.25) is 14.4 Å². The molecule has 0 radical (unpaired) electrons. The number of anilines is 2. The molecule has 9 heteroatoms. The standard InChI is InChI=1S/C24H23F2N3O4/c1-13(2)21(29-23(31)17-6-4-5-7-18(17)25)24(32)27-15-8-9-19(26)20(12-15)28-22(30)16-10-11-33-14(16)3/h4-13,21H,1-3H3,(H,27,32)(H,28,30)(H,29,31). The Hall–Kier alpha value is -4.01. The van der Waals surface area contributed by atoms with Crippen LogP contribution in [-0.4, -0.2) is 23.8 Å². The number of benzene rings is 2.